The van der Waals surface area contributed by atoms with E-state index in [2.05, 4.69) is 34.5 Å². The second-order valence-corrected chi connectivity index (χ2v) is 4.79. The predicted molar refractivity (Wildman–Crippen MR) is 74.0 cm³/mol. The Morgan fingerprint density at radius 1 is 1.06 bits per heavy atom. The van der Waals surface area contributed by atoms with Crippen molar-refractivity contribution in [2.45, 2.75) is 0 Å². The molecule has 0 atom stereocenters. The molecule has 3 heteroatoms. The van der Waals surface area contributed by atoms with Gasteiger partial charge in [-0.25, -0.2) is 0 Å². The maximum Gasteiger partial charge on any atom is 0.0485 e. The van der Waals surface area contributed by atoms with Crippen LogP contribution in [0.2, 0.25) is 5.02 Å². The Hall–Kier alpha value is -1.25. The van der Waals surface area contributed by atoms with Crippen molar-refractivity contribution in [1.29, 1.82) is 0 Å². The lowest BCUT2D eigenvalue weighted by Crippen LogP contribution is -2.43. The van der Waals surface area contributed by atoms with Crippen LogP contribution in [0.3, 0.4) is 0 Å². The summed E-state index contributed by atoms with van der Waals surface area (Å²) in [6, 6.07) is 12.6. The largest absolute Gasteiger partial charge is 0.369 e. The van der Waals surface area contributed by atoms with Gasteiger partial charge in [0.25, 0.3) is 0 Å². The first-order chi connectivity index (χ1) is 8.34. The van der Waals surface area contributed by atoms with Crippen molar-refractivity contribution in [3.8, 4) is 0 Å². The fourth-order valence-corrected chi connectivity index (χ4v) is 2.58. The quantitative estimate of drug-likeness (QED) is 0.833. The number of anilines is 1. The van der Waals surface area contributed by atoms with Gasteiger partial charge in [0.2, 0.25) is 0 Å². The second kappa shape index (κ2) is 4.55. The first kappa shape index (κ1) is 10.9. The first-order valence-electron chi connectivity index (χ1n) is 5.98. The number of piperazine rings is 1. The summed E-state index contributed by atoms with van der Waals surface area (Å²) in [5.74, 6) is 0. The summed E-state index contributed by atoms with van der Waals surface area (Å²) in [4.78, 5) is 2.40. The van der Waals surface area contributed by atoms with E-state index in [1.54, 1.807) is 0 Å². The zero-order valence-electron chi connectivity index (χ0n) is 9.62. The first-order valence-corrected chi connectivity index (χ1v) is 6.36. The second-order valence-electron chi connectivity index (χ2n) is 4.38. The molecule has 17 heavy (non-hydrogen) atoms. The minimum Gasteiger partial charge on any atom is -0.369 e. The Morgan fingerprint density at radius 2 is 1.88 bits per heavy atom. The van der Waals surface area contributed by atoms with Crippen LogP contribution >= 0.6 is 11.6 Å². The van der Waals surface area contributed by atoms with Gasteiger partial charge in [0.05, 0.1) is 0 Å². The molecule has 0 aliphatic carbocycles. The Balaban J connectivity index is 2.03. The number of nitrogens with one attached hydrogen (secondary N) is 1. The van der Waals surface area contributed by atoms with Gasteiger partial charge in [-0.15, -0.1) is 0 Å². The molecule has 2 nitrogen and oxygen atoms in total. The van der Waals surface area contributed by atoms with Gasteiger partial charge < -0.3 is 10.2 Å². The van der Waals surface area contributed by atoms with Crippen LogP contribution < -0.4 is 10.2 Å². The van der Waals surface area contributed by atoms with Gasteiger partial charge in [0.1, 0.15) is 0 Å². The molecule has 0 saturated carbocycles. The third-order valence-electron chi connectivity index (χ3n) is 3.29. The third-order valence-corrected chi connectivity index (χ3v) is 3.62. The monoisotopic (exact) mass is 246 g/mol. The molecule has 3 rings (SSSR count). The zero-order valence-corrected chi connectivity index (χ0v) is 10.4. The molecule has 0 spiro atoms. The van der Waals surface area contributed by atoms with Gasteiger partial charge in [-0.1, -0.05) is 29.8 Å². The van der Waals surface area contributed by atoms with E-state index < -0.39 is 0 Å². The molecule has 0 unspecified atom stereocenters. The summed E-state index contributed by atoms with van der Waals surface area (Å²) < 4.78 is 0. The van der Waals surface area contributed by atoms with Gasteiger partial charge in [0.15, 0.2) is 0 Å². The normalized spacial score (nSPS) is 16.4. The standard InChI is InChI=1S/C14H15ClN2/c15-14-3-1-2-11-4-5-12(10-13(11)14)17-8-6-16-7-9-17/h1-5,10,16H,6-9H2. The highest BCUT2D eigenvalue weighted by Crippen LogP contribution is 2.27. The number of hydrogen-bond donors (Lipinski definition) is 1. The van der Waals surface area contributed by atoms with Gasteiger partial charge in [0, 0.05) is 42.3 Å². The van der Waals surface area contributed by atoms with Crippen molar-refractivity contribution >= 4 is 28.1 Å². The molecular weight excluding hydrogens is 232 g/mol. The highest BCUT2D eigenvalue weighted by molar-refractivity contribution is 6.35. The van der Waals surface area contributed by atoms with Crippen molar-refractivity contribution in [3.63, 3.8) is 0 Å². The number of nitrogens with zero attached hydrogens (tertiary/aromatic N) is 1. The molecule has 1 heterocycles. The van der Waals surface area contributed by atoms with Crippen molar-refractivity contribution in [2.75, 3.05) is 31.1 Å². The van der Waals surface area contributed by atoms with Crippen LogP contribution in [-0.4, -0.2) is 26.2 Å². The van der Waals surface area contributed by atoms with Gasteiger partial charge in [-0.05, 0) is 23.6 Å². The summed E-state index contributed by atoms with van der Waals surface area (Å²) in [7, 11) is 0. The fourth-order valence-electron chi connectivity index (χ4n) is 2.34. The van der Waals surface area contributed by atoms with Crippen molar-refractivity contribution in [2.24, 2.45) is 0 Å². The maximum atomic E-state index is 6.24. The number of hydrogen-bond acceptors (Lipinski definition) is 2. The highest BCUT2D eigenvalue weighted by atomic mass is 35.5. The third kappa shape index (κ3) is 2.11. The molecule has 1 aliphatic rings. The SMILES string of the molecule is Clc1cccc2ccc(N3CCNCC3)cc12. The molecule has 1 N–H and O–H groups in total. The minimum absolute atomic E-state index is 0.833. The van der Waals surface area contributed by atoms with Gasteiger partial charge in [-0.2, -0.15) is 0 Å². The van der Waals surface area contributed by atoms with Crippen LogP contribution in [-0.2, 0) is 0 Å². The predicted octanol–water partition coefficient (Wildman–Crippen LogP) is 2.90. The Kier molecular flexibility index (Phi) is 2.91. The number of benzene rings is 2. The lowest BCUT2D eigenvalue weighted by molar-refractivity contribution is 0.589. The van der Waals surface area contributed by atoms with Gasteiger partial charge >= 0.3 is 0 Å². The maximum absolute atomic E-state index is 6.24. The Labute approximate surface area is 106 Å². The fraction of sp³-hybridized carbons (Fsp3) is 0.286. The van der Waals surface area contributed by atoms with E-state index in [4.69, 9.17) is 11.6 Å². The van der Waals surface area contributed by atoms with E-state index in [-0.39, 0.29) is 0 Å². The average Bonchev–Trinajstić information content (AvgIpc) is 2.40. The molecule has 2 aromatic carbocycles. The van der Waals surface area contributed by atoms with Crippen LogP contribution in [0.25, 0.3) is 10.8 Å². The topological polar surface area (TPSA) is 15.3 Å². The van der Waals surface area contributed by atoms with E-state index in [1.165, 1.54) is 11.1 Å². The minimum atomic E-state index is 0.833. The molecule has 1 saturated heterocycles. The van der Waals surface area contributed by atoms with E-state index >= 15 is 0 Å². The summed E-state index contributed by atoms with van der Waals surface area (Å²) in [6.07, 6.45) is 0. The lowest BCUT2D eigenvalue weighted by atomic mass is 10.1. The Bertz CT molecular complexity index is 533. The summed E-state index contributed by atoms with van der Waals surface area (Å²) in [5, 5.41) is 6.55. The van der Waals surface area contributed by atoms with E-state index in [0.29, 0.717) is 0 Å². The molecular formula is C14H15ClN2. The Morgan fingerprint density at radius 3 is 2.71 bits per heavy atom. The van der Waals surface area contributed by atoms with Crippen LogP contribution in [0.1, 0.15) is 0 Å². The summed E-state index contributed by atoms with van der Waals surface area (Å²) in [6.45, 7) is 4.24. The molecule has 88 valence electrons. The zero-order chi connectivity index (χ0) is 11.7. The van der Waals surface area contributed by atoms with Crippen LogP contribution in [0, 0.1) is 0 Å². The molecule has 2 aromatic rings. The highest BCUT2D eigenvalue weighted by Gasteiger charge is 2.11. The van der Waals surface area contributed by atoms with Gasteiger partial charge in [-0.3, -0.25) is 0 Å². The van der Waals surface area contributed by atoms with E-state index in [9.17, 15) is 0 Å². The molecule has 0 aromatic heterocycles. The number of halogens is 1. The average molecular weight is 247 g/mol. The van der Waals surface area contributed by atoms with Crippen molar-refractivity contribution in [3.05, 3.63) is 41.4 Å². The lowest BCUT2D eigenvalue weighted by Gasteiger charge is -2.29. The summed E-state index contributed by atoms with van der Waals surface area (Å²) >= 11 is 6.24. The van der Waals surface area contributed by atoms with Crippen LogP contribution in [0.4, 0.5) is 5.69 Å². The molecule has 1 fully saturated rings. The smallest absolute Gasteiger partial charge is 0.0485 e. The van der Waals surface area contributed by atoms with Crippen molar-refractivity contribution in [1.82, 2.24) is 5.32 Å². The van der Waals surface area contributed by atoms with Crippen molar-refractivity contribution < 1.29 is 0 Å². The molecule has 1 aliphatic heterocycles. The van der Waals surface area contributed by atoms with E-state index in [0.717, 1.165) is 36.6 Å². The summed E-state index contributed by atoms with van der Waals surface area (Å²) in [5.41, 5.74) is 1.27. The number of fused-ring (bicyclic) bond motifs is 1. The molecule has 0 bridgehead atoms. The van der Waals surface area contributed by atoms with Crippen LogP contribution in [0.5, 0.6) is 0 Å². The number of rotatable bonds is 1. The molecule has 0 amide bonds. The van der Waals surface area contributed by atoms with Crippen LogP contribution in [0.15, 0.2) is 36.4 Å². The van der Waals surface area contributed by atoms with E-state index in [1.807, 2.05) is 12.1 Å². The molecule has 0 radical (unpaired) electrons.